The molecule has 2 fully saturated rings. The Hall–Kier alpha value is -4.18. The van der Waals surface area contributed by atoms with Crippen molar-refractivity contribution in [2.24, 2.45) is 0 Å². The number of likely N-dealkylation sites (tertiary alicyclic amines) is 1. The van der Waals surface area contributed by atoms with Crippen LogP contribution in [0.1, 0.15) is 35.2 Å². The normalized spacial score (nSPS) is 17.4. The summed E-state index contributed by atoms with van der Waals surface area (Å²) in [6, 6.07) is 11.7. The fraction of sp³-hybridized carbons (Fsp3) is 0.400. The summed E-state index contributed by atoms with van der Waals surface area (Å²) in [4.78, 5) is 40.9. The van der Waals surface area contributed by atoms with Gasteiger partial charge in [0.15, 0.2) is 6.61 Å². The molecule has 0 atom stereocenters. The van der Waals surface area contributed by atoms with Crippen molar-refractivity contribution in [1.29, 1.82) is 0 Å². The zero-order valence-electron chi connectivity index (χ0n) is 22.9. The number of fused-ring (bicyclic) bond motifs is 1. The number of piperidine rings is 1. The molecule has 5 heterocycles. The van der Waals surface area contributed by atoms with E-state index in [0.29, 0.717) is 29.5 Å². The molecule has 3 aliphatic rings. The fourth-order valence-electron chi connectivity index (χ4n) is 5.60. The second-order valence-corrected chi connectivity index (χ2v) is 10.6. The molecule has 0 spiro atoms. The predicted molar refractivity (Wildman–Crippen MR) is 154 cm³/mol. The van der Waals surface area contributed by atoms with Gasteiger partial charge in [-0.1, -0.05) is 6.07 Å². The second-order valence-electron chi connectivity index (χ2n) is 10.6. The number of rotatable bonds is 7. The molecular formula is C30H35N7O3. The summed E-state index contributed by atoms with van der Waals surface area (Å²) in [6.07, 6.45) is 6.81. The lowest BCUT2D eigenvalue weighted by atomic mass is 9.96. The Balaban J connectivity index is 1.17. The minimum Gasteiger partial charge on any atom is -0.468 e. The number of carbonyl (C=O) groups is 2. The Labute approximate surface area is 234 Å². The summed E-state index contributed by atoms with van der Waals surface area (Å²) in [6.45, 7) is 6.02. The molecule has 2 amide bonds. The summed E-state index contributed by atoms with van der Waals surface area (Å²) in [7, 11) is 2.14. The monoisotopic (exact) mass is 541 g/mol. The number of piperazine rings is 1. The molecule has 0 radical (unpaired) electrons. The Kier molecular flexibility index (Phi) is 7.50. The van der Waals surface area contributed by atoms with E-state index in [4.69, 9.17) is 4.74 Å². The smallest absolute Gasteiger partial charge is 0.260 e. The molecule has 40 heavy (non-hydrogen) atoms. The molecule has 0 aliphatic carbocycles. The number of likely N-dealkylation sites (N-methyl/N-ethyl adjacent to an activating group) is 1. The first kappa shape index (κ1) is 26.1. The van der Waals surface area contributed by atoms with Crippen molar-refractivity contribution >= 4 is 29.0 Å². The molecule has 1 aromatic carbocycles. The van der Waals surface area contributed by atoms with E-state index in [2.05, 4.69) is 43.5 Å². The minimum atomic E-state index is -0.119. The third-order valence-electron chi connectivity index (χ3n) is 7.94. The van der Waals surface area contributed by atoms with Gasteiger partial charge in [-0.05, 0) is 67.3 Å². The van der Waals surface area contributed by atoms with Crippen molar-refractivity contribution in [2.45, 2.75) is 25.8 Å². The van der Waals surface area contributed by atoms with Gasteiger partial charge >= 0.3 is 0 Å². The number of pyridine rings is 2. The lowest BCUT2D eigenvalue weighted by Crippen LogP contribution is -2.44. The van der Waals surface area contributed by atoms with Crippen molar-refractivity contribution in [3.8, 4) is 17.0 Å². The first-order chi connectivity index (χ1) is 19.5. The van der Waals surface area contributed by atoms with E-state index in [9.17, 15) is 9.59 Å². The number of hydrogen-bond acceptors (Lipinski definition) is 8. The van der Waals surface area contributed by atoms with Gasteiger partial charge in [0.05, 0.1) is 23.1 Å². The predicted octanol–water partition coefficient (Wildman–Crippen LogP) is 3.27. The maximum absolute atomic E-state index is 12.9. The standard InChI is InChI=1S/C30H35N7O3/c1-35-13-15-36(16-14-35)22-5-8-26(32-18-22)34-25-7-6-23(24-19-33-30(39)29(24)25)21-9-10-31-27(17-21)40-20-28(38)37-11-3-2-4-12-37/h5-10,17-18H,2-4,11-16,19-20H2,1H3,(H,32,34)(H,33,39). The highest BCUT2D eigenvalue weighted by Gasteiger charge is 2.27. The largest absolute Gasteiger partial charge is 0.468 e. The molecule has 3 aliphatic heterocycles. The van der Waals surface area contributed by atoms with Gasteiger partial charge in [0.2, 0.25) is 5.88 Å². The van der Waals surface area contributed by atoms with Crippen LogP contribution in [-0.2, 0) is 11.3 Å². The van der Waals surface area contributed by atoms with E-state index < -0.39 is 0 Å². The molecule has 208 valence electrons. The van der Waals surface area contributed by atoms with Crippen molar-refractivity contribution in [1.82, 2.24) is 25.1 Å². The van der Waals surface area contributed by atoms with E-state index in [0.717, 1.165) is 74.5 Å². The van der Waals surface area contributed by atoms with E-state index >= 15 is 0 Å². The van der Waals surface area contributed by atoms with Crippen molar-refractivity contribution < 1.29 is 14.3 Å². The molecular weight excluding hydrogens is 506 g/mol. The second kappa shape index (κ2) is 11.5. The van der Waals surface area contributed by atoms with E-state index in [1.807, 2.05) is 41.4 Å². The summed E-state index contributed by atoms with van der Waals surface area (Å²) in [5.74, 6) is 0.945. The van der Waals surface area contributed by atoms with Gasteiger partial charge in [0, 0.05) is 58.1 Å². The highest BCUT2D eigenvalue weighted by atomic mass is 16.5. The Morgan fingerprint density at radius 1 is 1.00 bits per heavy atom. The summed E-state index contributed by atoms with van der Waals surface area (Å²) < 4.78 is 5.77. The topological polar surface area (TPSA) is 103 Å². The van der Waals surface area contributed by atoms with Crippen molar-refractivity contribution in [2.75, 3.05) is 63.1 Å². The number of carbonyl (C=O) groups excluding carboxylic acids is 2. The van der Waals surface area contributed by atoms with E-state index in [1.165, 1.54) is 6.42 Å². The molecule has 3 aromatic rings. The Morgan fingerprint density at radius 3 is 2.60 bits per heavy atom. The molecule has 6 rings (SSSR count). The number of amides is 2. The van der Waals surface area contributed by atoms with Crippen LogP contribution in [0, 0.1) is 0 Å². The van der Waals surface area contributed by atoms with Crippen LogP contribution in [0.2, 0.25) is 0 Å². The summed E-state index contributed by atoms with van der Waals surface area (Å²) >= 11 is 0. The van der Waals surface area contributed by atoms with Crippen LogP contribution in [0.15, 0.2) is 48.8 Å². The van der Waals surface area contributed by atoms with Crippen LogP contribution in [0.4, 0.5) is 17.2 Å². The van der Waals surface area contributed by atoms with E-state index in [-0.39, 0.29) is 18.4 Å². The fourth-order valence-corrected chi connectivity index (χ4v) is 5.60. The molecule has 10 nitrogen and oxygen atoms in total. The minimum absolute atomic E-state index is 0.0109. The zero-order chi connectivity index (χ0) is 27.5. The molecule has 2 N–H and O–H groups in total. The number of hydrogen-bond donors (Lipinski definition) is 2. The number of nitrogens with zero attached hydrogens (tertiary/aromatic N) is 5. The van der Waals surface area contributed by atoms with Crippen LogP contribution in [0.5, 0.6) is 5.88 Å². The Morgan fingerprint density at radius 2 is 1.82 bits per heavy atom. The van der Waals surface area contributed by atoms with Crippen LogP contribution >= 0.6 is 0 Å². The average molecular weight is 542 g/mol. The lowest BCUT2D eigenvalue weighted by Gasteiger charge is -2.33. The van der Waals surface area contributed by atoms with Crippen LogP contribution in [0.25, 0.3) is 11.1 Å². The van der Waals surface area contributed by atoms with E-state index in [1.54, 1.807) is 6.20 Å². The highest BCUT2D eigenvalue weighted by molar-refractivity contribution is 6.06. The van der Waals surface area contributed by atoms with Crippen LogP contribution in [0.3, 0.4) is 0 Å². The maximum atomic E-state index is 12.9. The number of ether oxygens (including phenoxy) is 1. The third kappa shape index (κ3) is 5.58. The molecule has 0 bridgehead atoms. The molecule has 10 heteroatoms. The van der Waals surface area contributed by atoms with Gasteiger partial charge < -0.3 is 30.1 Å². The SMILES string of the molecule is CN1CCN(c2ccc(Nc3ccc(-c4ccnc(OCC(=O)N5CCCCC5)c4)c4c3C(=O)NC4)nc2)CC1. The van der Waals surface area contributed by atoms with Gasteiger partial charge in [-0.2, -0.15) is 0 Å². The molecule has 2 saturated heterocycles. The number of benzene rings is 1. The average Bonchev–Trinajstić information content (AvgIpc) is 3.39. The number of anilines is 3. The zero-order valence-corrected chi connectivity index (χ0v) is 22.9. The number of aromatic nitrogens is 2. The van der Waals surface area contributed by atoms with Crippen molar-refractivity contribution in [3.63, 3.8) is 0 Å². The van der Waals surface area contributed by atoms with Crippen LogP contribution in [-0.4, -0.2) is 84.5 Å². The molecule has 0 saturated carbocycles. The van der Waals surface area contributed by atoms with Crippen LogP contribution < -0.4 is 20.3 Å². The number of nitrogens with one attached hydrogen (secondary N) is 2. The third-order valence-corrected chi connectivity index (χ3v) is 7.94. The van der Waals surface area contributed by atoms with Gasteiger partial charge in [-0.15, -0.1) is 0 Å². The van der Waals surface area contributed by atoms with Gasteiger partial charge in [0.25, 0.3) is 11.8 Å². The summed E-state index contributed by atoms with van der Waals surface area (Å²) in [5.41, 5.74) is 5.14. The summed E-state index contributed by atoms with van der Waals surface area (Å²) in [5, 5.41) is 6.31. The Bertz CT molecular complexity index is 1380. The quantitative estimate of drug-likeness (QED) is 0.470. The first-order valence-electron chi connectivity index (χ1n) is 14.0. The first-order valence-corrected chi connectivity index (χ1v) is 14.0. The van der Waals surface area contributed by atoms with Gasteiger partial charge in [0.1, 0.15) is 5.82 Å². The van der Waals surface area contributed by atoms with Crippen molar-refractivity contribution in [3.05, 3.63) is 59.9 Å². The van der Waals surface area contributed by atoms with Gasteiger partial charge in [-0.3, -0.25) is 9.59 Å². The molecule has 0 unspecified atom stereocenters. The molecule has 2 aromatic heterocycles. The maximum Gasteiger partial charge on any atom is 0.260 e. The van der Waals surface area contributed by atoms with Gasteiger partial charge in [-0.25, -0.2) is 9.97 Å². The lowest BCUT2D eigenvalue weighted by molar-refractivity contribution is -0.134. The highest BCUT2D eigenvalue weighted by Crippen LogP contribution is 2.36.